The predicted octanol–water partition coefficient (Wildman–Crippen LogP) is 4.75. The number of anilines is 1. The van der Waals surface area contributed by atoms with Gasteiger partial charge in [0.2, 0.25) is 0 Å². The number of benzene rings is 2. The minimum Gasteiger partial charge on any atom is -0.497 e. The molecule has 0 saturated carbocycles. The molecule has 1 heterocycles. The highest BCUT2D eigenvalue weighted by atomic mass is 16.5. The fraction of sp³-hybridized carbons (Fsp3) is 0.385. The maximum absolute atomic E-state index is 13.0. The van der Waals surface area contributed by atoms with Crippen LogP contribution in [-0.2, 0) is 25.7 Å². The number of carbonyl (C=O) groups excluding carboxylic acids is 2. The van der Waals surface area contributed by atoms with Crippen LogP contribution >= 0.6 is 0 Å². The number of methoxy groups -OCH3 is 2. The molecular formula is C26H31NO6. The highest BCUT2D eigenvalue weighted by Gasteiger charge is 2.20. The van der Waals surface area contributed by atoms with E-state index in [1.807, 2.05) is 54.6 Å². The molecule has 0 aliphatic carbocycles. The van der Waals surface area contributed by atoms with E-state index < -0.39 is 6.10 Å². The molecule has 1 amide bonds. The normalized spacial score (nSPS) is 17.0. The van der Waals surface area contributed by atoms with Crippen LogP contribution in [0.5, 0.6) is 11.5 Å². The lowest BCUT2D eigenvalue weighted by molar-refractivity contribution is -0.140. The molecule has 1 aliphatic heterocycles. The van der Waals surface area contributed by atoms with Crippen molar-refractivity contribution in [3.63, 3.8) is 0 Å². The lowest BCUT2D eigenvalue weighted by Gasteiger charge is -2.19. The van der Waals surface area contributed by atoms with Gasteiger partial charge < -0.3 is 24.3 Å². The summed E-state index contributed by atoms with van der Waals surface area (Å²) in [4.78, 5) is 24.3. The van der Waals surface area contributed by atoms with Gasteiger partial charge in [-0.1, -0.05) is 37.1 Å². The molecule has 0 saturated heterocycles. The summed E-state index contributed by atoms with van der Waals surface area (Å²) < 4.78 is 22.0. The van der Waals surface area contributed by atoms with E-state index in [4.69, 9.17) is 14.2 Å². The van der Waals surface area contributed by atoms with Crippen LogP contribution in [0.3, 0.4) is 0 Å². The van der Waals surface area contributed by atoms with Crippen LogP contribution in [0, 0.1) is 0 Å². The van der Waals surface area contributed by atoms with E-state index in [1.54, 1.807) is 7.11 Å². The Morgan fingerprint density at radius 3 is 2.79 bits per heavy atom. The quantitative estimate of drug-likeness (QED) is 0.481. The number of para-hydroxylation sites is 2. The van der Waals surface area contributed by atoms with E-state index in [-0.39, 0.29) is 11.9 Å². The maximum Gasteiger partial charge on any atom is 0.305 e. The van der Waals surface area contributed by atoms with E-state index in [9.17, 15) is 9.59 Å². The van der Waals surface area contributed by atoms with E-state index in [0.29, 0.717) is 37.5 Å². The Morgan fingerprint density at radius 2 is 1.97 bits per heavy atom. The van der Waals surface area contributed by atoms with E-state index in [0.717, 1.165) is 36.1 Å². The van der Waals surface area contributed by atoms with Gasteiger partial charge in [0.1, 0.15) is 24.2 Å². The molecule has 0 radical (unpaired) electrons. The van der Waals surface area contributed by atoms with Crippen molar-refractivity contribution < 1.29 is 28.5 Å². The van der Waals surface area contributed by atoms with Gasteiger partial charge in [-0.15, -0.1) is 0 Å². The van der Waals surface area contributed by atoms with Gasteiger partial charge in [-0.2, -0.15) is 0 Å². The molecule has 1 N–H and O–H groups in total. The van der Waals surface area contributed by atoms with Crippen molar-refractivity contribution in [1.29, 1.82) is 0 Å². The van der Waals surface area contributed by atoms with Crippen molar-refractivity contribution in [3.05, 3.63) is 59.7 Å². The molecule has 7 nitrogen and oxygen atoms in total. The van der Waals surface area contributed by atoms with Gasteiger partial charge >= 0.3 is 5.97 Å². The average Bonchev–Trinajstić information content (AvgIpc) is 2.83. The number of nitrogens with one attached hydrogen (secondary N) is 1. The Balaban J connectivity index is 1.75. The van der Waals surface area contributed by atoms with Crippen LogP contribution in [0.4, 0.5) is 5.69 Å². The van der Waals surface area contributed by atoms with Crippen LogP contribution in [0.2, 0.25) is 0 Å². The summed E-state index contributed by atoms with van der Waals surface area (Å²) in [5, 5.41) is 2.95. The molecular weight excluding hydrogens is 422 g/mol. The van der Waals surface area contributed by atoms with Crippen molar-refractivity contribution >= 4 is 23.6 Å². The first-order valence-corrected chi connectivity index (χ1v) is 11.1. The Hall–Kier alpha value is -3.32. The summed E-state index contributed by atoms with van der Waals surface area (Å²) in [7, 11) is 3.02. The molecule has 1 unspecified atom stereocenters. The minimum absolute atomic E-state index is 0.218. The molecule has 176 valence electrons. The molecule has 33 heavy (non-hydrogen) atoms. The number of carbonyl (C=O) groups is 2. The third kappa shape index (κ3) is 7.64. The number of ether oxygens (including phenoxy) is 4. The van der Waals surface area contributed by atoms with Gasteiger partial charge in [-0.25, -0.2) is 0 Å². The Morgan fingerprint density at radius 1 is 1.12 bits per heavy atom. The highest BCUT2D eigenvalue weighted by Crippen LogP contribution is 2.27. The van der Waals surface area contributed by atoms with Crippen LogP contribution in [0.25, 0.3) is 6.08 Å². The SMILES string of the molecule is COC(=O)CCCCCC1OC/C=C\c2cc(cc(OC)c2)COc2ccccc2NC1=O. The van der Waals surface area contributed by atoms with Crippen LogP contribution in [0.1, 0.15) is 43.2 Å². The fourth-order valence-corrected chi connectivity index (χ4v) is 3.58. The highest BCUT2D eigenvalue weighted by molar-refractivity contribution is 5.95. The van der Waals surface area contributed by atoms with Gasteiger partial charge in [0.15, 0.2) is 0 Å². The molecule has 1 atom stereocenters. The standard InChI is InChI=1S/C26H31NO6/c1-30-21-16-19-9-8-14-32-24(12-4-3-5-13-25(28)31-2)26(29)27-22-10-6-7-11-23(22)33-18-20(15-19)17-21/h6-11,15-17,24H,3-5,12-14,18H2,1-2H3,(H,27,29)/b9-8-. The number of hydrogen-bond donors (Lipinski definition) is 1. The Labute approximate surface area is 194 Å². The minimum atomic E-state index is -0.621. The average molecular weight is 454 g/mol. The largest absolute Gasteiger partial charge is 0.497 e. The molecule has 2 aromatic rings. The second-order valence-corrected chi connectivity index (χ2v) is 7.79. The summed E-state index contributed by atoms with van der Waals surface area (Å²) in [5.41, 5.74) is 2.51. The summed E-state index contributed by atoms with van der Waals surface area (Å²) in [6.07, 6.45) is 6.42. The number of unbranched alkanes of at least 4 members (excludes halogenated alkanes) is 2. The van der Waals surface area contributed by atoms with Crippen molar-refractivity contribution in [2.24, 2.45) is 0 Å². The second kappa shape index (κ2) is 12.6. The zero-order valence-corrected chi connectivity index (χ0v) is 19.2. The zero-order valence-electron chi connectivity index (χ0n) is 19.2. The van der Waals surface area contributed by atoms with Crippen LogP contribution < -0.4 is 14.8 Å². The number of amides is 1. The molecule has 0 fully saturated rings. The molecule has 0 aromatic heterocycles. The number of rotatable bonds is 7. The second-order valence-electron chi connectivity index (χ2n) is 7.79. The molecule has 2 aromatic carbocycles. The monoisotopic (exact) mass is 453 g/mol. The first kappa shape index (κ1) is 24.3. The summed E-state index contributed by atoms with van der Waals surface area (Å²) in [6, 6.07) is 13.2. The van der Waals surface area contributed by atoms with Crippen LogP contribution in [-0.4, -0.2) is 38.8 Å². The molecule has 7 heteroatoms. The maximum atomic E-state index is 13.0. The third-order valence-corrected chi connectivity index (χ3v) is 5.33. The van der Waals surface area contributed by atoms with Crippen LogP contribution in [0.15, 0.2) is 48.5 Å². The lowest BCUT2D eigenvalue weighted by atomic mass is 10.1. The predicted molar refractivity (Wildman–Crippen MR) is 126 cm³/mol. The summed E-state index contributed by atoms with van der Waals surface area (Å²) >= 11 is 0. The molecule has 0 spiro atoms. The number of fused-ring (bicyclic) bond motifs is 3. The first-order chi connectivity index (χ1) is 16.1. The van der Waals surface area contributed by atoms with E-state index in [1.165, 1.54) is 7.11 Å². The number of hydrogen-bond acceptors (Lipinski definition) is 6. The third-order valence-electron chi connectivity index (χ3n) is 5.33. The summed E-state index contributed by atoms with van der Waals surface area (Å²) in [5.74, 6) is 0.893. The smallest absolute Gasteiger partial charge is 0.305 e. The van der Waals surface area contributed by atoms with Gasteiger partial charge in [-0.3, -0.25) is 9.59 Å². The van der Waals surface area contributed by atoms with E-state index in [2.05, 4.69) is 10.1 Å². The van der Waals surface area contributed by atoms with Gasteiger partial charge in [0.25, 0.3) is 5.91 Å². The van der Waals surface area contributed by atoms with Gasteiger partial charge in [0, 0.05) is 6.42 Å². The fourth-order valence-electron chi connectivity index (χ4n) is 3.58. The Kier molecular flexibility index (Phi) is 9.32. The lowest BCUT2D eigenvalue weighted by Crippen LogP contribution is -2.31. The topological polar surface area (TPSA) is 83.1 Å². The number of esters is 1. The van der Waals surface area contributed by atoms with Gasteiger partial charge in [-0.05, 0) is 54.3 Å². The van der Waals surface area contributed by atoms with Crippen molar-refractivity contribution in [2.75, 3.05) is 26.1 Å². The van der Waals surface area contributed by atoms with E-state index >= 15 is 0 Å². The van der Waals surface area contributed by atoms with Gasteiger partial charge in [0.05, 0.1) is 26.5 Å². The van der Waals surface area contributed by atoms with Crippen molar-refractivity contribution in [3.8, 4) is 11.5 Å². The molecule has 1 aliphatic rings. The zero-order chi connectivity index (χ0) is 23.5. The Bertz CT molecular complexity index is 971. The molecule has 2 bridgehead atoms. The first-order valence-electron chi connectivity index (χ1n) is 11.1. The van der Waals surface area contributed by atoms with Crippen molar-refractivity contribution in [2.45, 2.75) is 44.8 Å². The van der Waals surface area contributed by atoms with Crippen molar-refractivity contribution in [1.82, 2.24) is 0 Å². The summed E-state index contributed by atoms with van der Waals surface area (Å²) in [6.45, 7) is 0.635. The molecule has 3 rings (SSSR count).